The zero-order chi connectivity index (χ0) is 17.6. The highest BCUT2D eigenvalue weighted by Crippen LogP contribution is 2.20. The summed E-state index contributed by atoms with van der Waals surface area (Å²) in [5.74, 6) is -0.225. The molecule has 0 saturated carbocycles. The number of carbonyl (C=O) groups excluding carboxylic acids is 1. The summed E-state index contributed by atoms with van der Waals surface area (Å²) in [5, 5.41) is 2.78. The van der Waals surface area contributed by atoms with E-state index in [1.54, 1.807) is 23.2 Å². The summed E-state index contributed by atoms with van der Waals surface area (Å²) < 4.78 is 14.8. The minimum absolute atomic E-state index is 0.139. The molecule has 4 nitrogen and oxygen atoms in total. The minimum Gasteiger partial charge on any atom is -0.366 e. The molecular weight excluding hydrogens is 385 g/mol. The molecule has 0 bridgehead atoms. The lowest BCUT2D eigenvalue weighted by Gasteiger charge is -2.35. The number of hydrogen-bond acceptors (Lipinski definition) is 2. The Hall–Kier alpha value is -2.34. The SMILES string of the molecule is O=C(N/C=C/c1cccc(Br)c1)N1CCN(c2ccccc2F)CC1. The summed E-state index contributed by atoms with van der Waals surface area (Å²) in [6.45, 7) is 2.35. The molecule has 0 atom stereocenters. The third kappa shape index (κ3) is 4.60. The molecule has 1 heterocycles. The first-order valence-corrected chi connectivity index (χ1v) is 8.90. The van der Waals surface area contributed by atoms with Crippen LogP contribution in [0.25, 0.3) is 6.08 Å². The Morgan fingerprint density at radius 3 is 2.56 bits per heavy atom. The first-order chi connectivity index (χ1) is 12.1. The lowest BCUT2D eigenvalue weighted by molar-refractivity contribution is 0.198. The van der Waals surface area contributed by atoms with Crippen molar-refractivity contribution in [2.45, 2.75) is 0 Å². The Bertz CT molecular complexity index is 773. The van der Waals surface area contributed by atoms with Crippen molar-refractivity contribution >= 4 is 33.7 Å². The first-order valence-electron chi connectivity index (χ1n) is 8.10. The predicted octanol–water partition coefficient (Wildman–Crippen LogP) is 4.09. The molecule has 6 heteroatoms. The van der Waals surface area contributed by atoms with Crippen LogP contribution in [0.15, 0.2) is 59.2 Å². The third-order valence-corrected chi connectivity index (χ3v) is 4.58. The number of anilines is 1. The molecule has 1 N–H and O–H groups in total. The highest BCUT2D eigenvalue weighted by Gasteiger charge is 2.21. The molecule has 3 rings (SSSR count). The second-order valence-electron chi connectivity index (χ2n) is 5.76. The smallest absolute Gasteiger partial charge is 0.321 e. The van der Waals surface area contributed by atoms with Crippen LogP contribution in [0, 0.1) is 5.82 Å². The summed E-state index contributed by atoms with van der Waals surface area (Å²) in [7, 11) is 0. The quantitative estimate of drug-likeness (QED) is 0.837. The summed E-state index contributed by atoms with van der Waals surface area (Å²) in [5.41, 5.74) is 1.59. The van der Waals surface area contributed by atoms with Crippen molar-refractivity contribution in [3.63, 3.8) is 0 Å². The summed E-state index contributed by atoms with van der Waals surface area (Å²) in [6.07, 6.45) is 3.49. The van der Waals surface area contributed by atoms with E-state index in [2.05, 4.69) is 21.2 Å². The van der Waals surface area contributed by atoms with Crippen molar-refractivity contribution in [1.82, 2.24) is 10.2 Å². The number of urea groups is 1. The highest BCUT2D eigenvalue weighted by molar-refractivity contribution is 9.10. The molecule has 0 aromatic heterocycles. The number of piperazine rings is 1. The molecule has 1 aliphatic rings. The van der Waals surface area contributed by atoms with Gasteiger partial charge in [0, 0.05) is 36.9 Å². The Balaban J connectivity index is 1.51. The van der Waals surface area contributed by atoms with Crippen LogP contribution in [0.3, 0.4) is 0 Å². The fourth-order valence-corrected chi connectivity index (χ4v) is 3.19. The van der Waals surface area contributed by atoms with Crippen LogP contribution in [-0.4, -0.2) is 37.1 Å². The van der Waals surface area contributed by atoms with Gasteiger partial charge in [-0.1, -0.05) is 40.2 Å². The third-order valence-electron chi connectivity index (χ3n) is 4.09. The fraction of sp³-hybridized carbons (Fsp3) is 0.211. The molecule has 1 fully saturated rings. The number of nitrogens with zero attached hydrogens (tertiary/aromatic N) is 2. The molecule has 1 aliphatic heterocycles. The first kappa shape index (κ1) is 17.5. The zero-order valence-corrected chi connectivity index (χ0v) is 15.2. The number of benzene rings is 2. The van der Waals surface area contributed by atoms with Gasteiger partial charge in [0.1, 0.15) is 5.82 Å². The number of halogens is 2. The van der Waals surface area contributed by atoms with Crippen molar-refractivity contribution in [2.24, 2.45) is 0 Å². The van der Waals surface area contributed by atoms with Gasteiger partial charge in [0.15, 0.2) is 0 Å². The molecule has 25 heavy (non-hydrogen) atoms. The topological polar surface area (TPSA) is 35.6 Å². The van der Waals surface area contributed by atoms with Gasteiger partial charge in [-0.15, -0.1) is 0 Å². The molecule has 0 aliphatic carbocycles. The van der Waals surface area contributed by atoms with E-state index in [0.29, 0.717) is 31.9 Å². The molecule has 1 saturated heterocycles. The van der Waals surface area contributed by atoms with Crippen LogP contribution in [0.2, 0.25) is 0 Å². The summed E-state index contributed by atoms with van der Waals surface area (Å²) in [4.78, 5) is 15.9. The number of carbonyl (C=O) groups is 1. The van der Waals surface area contributed by atoms with Crippen LogP contribution >= 0.6 is 15.9 Å². The van der Waals surface area contributed by atoms with Crippen LogP contribution in [0.5, 0.6) is 0 Å². The lowest BCUT2D eigenvalue weighted by Crippen LogP contribution is -2.51. The standard InChI is InChI=1S/C19H19BrFN3O/c20-16-5-3-4-15(14-16)8-9-22-19(25)24-12-10-23(11-13-24)18-7-2-1-6-17(18)21/h1-9,14H,10-13H2,(H,22,25)/b9-8+. The highest BCUT2D eigenvalue weighted by atomic mass is 79.9. The van der Waals surface area contributed by atoms with Crippen LogP contribution < -0.4 is 10.2 Å². The number of rotatable bonds is 3. The van der Waals surface area contributed by atoms with Gasteiger partial charge in [-0.3, -0.25) is 0 Å². The maximum absolute atomic E-state index is 13.8. The van der Waals surface area contributed by atoms with Gasteiger partial charge in [0.25, 0.3) is 0 Å². The van der Waals surface area contributed by atoms with E-state index in [1.807, 2.05) is 41.3 Å². The van der Waals surface area contributed by atoms with Crippen molar-refractivity contribution in [3.8, 4) is 0 Å². The molecule has 2 aromatic carbocycles. The van der Waals surface area contributed by atoms with Gasteiger partial charge in [0.2, 0.25) is 0 Å². The van der Waals surface area contributed by atoms with E-state index in [1.165, 1.54) is 6.07 Å². The molecule has 2 amide bonds. The Morgan fingerprint density at radius 1 is 1.08 bits per heavy atom. The molecule has 130 valence electrons. The van der Waals surface area contributed by atoms with Crippen molar-refractivity contribution in [3.05, 3.63) is 70.6 Å². The fourth-order valence-electron chi connectivity index (χ4n) is 2.77. The largest absolute Gasteiger partial charge is 0.366 e. The normalized spacial score (nSPS) is 14.8. The van der Waals surface area contributed by atoms with Crippen LogP contribution in [0.1, 0.15) is 5.56 Å². The Labute approximate surface area is 155 Å². The average molecular weight is 404 g/mol. The van der Waals surface area contributed by atoms with Gasteiger partial charge in [0.05, 0.1) is 5.69 Å². The summed E-state index contributed by atoms with van der Waals surface area (Å²) in [6, 6.07) is 14.4. The second-order valence-corrected chi connectivity index (χ2v) is 6.68. The maximum atomic E-state index is 13.8. The van der Waals surface area contributed by atoms with Gasteiger partial charge >= 0.3 is 6.03 Å². The van der Waals surface area contributed by atoms with Gasteiger partial charge in [-0.05, 0) is 35.9 Å². The van der Waals surface area contributed by atoms with E-state index < -0.39 is 0 Å². The predicted molar refractivity (Wildman–Crippen MR) is 102 cm³/mol. The Morgan fingerprint density at radius 2 is 1.84 bits per heavy atom. The van der Waals surface area contributed by atoms with E-state index >= 15 is 0 Å². The molecule has 0 radical (unpaired) electrons. The average Bonchev–Trinajstić information content (AvgIpc) is 2.62. The van der Waals surface area contributed by atoms with E-state index in [9.17, 15) is 9.18 Å². The molecular formula is C19H19BrFN3O. The van der Waals surface area contributed by atoms with Crippen molar-refractivity contribution < 1.29 is 9.18 Å². The minimum atomic E-state index is -0.225. The number of hydrogen-bond donors (Lipinski definition) is 1. The van der Waals surface area contributed by atoms with Crippen LogP contribution in [-0.2, 0) is 0 Å². The van der Waals surface area contributed by atoms with Gasteiger partial charge in [-0.2, -0.15) is 0 Å². The number of nitrogens with one attached hydrogen (secondary N) is 1. The summed E-state index contributed by atoms with van der Waals surface area (Å²) >= 11 is 3.41. The van der Waals surface area contributed by atoms with Crippen LogP contribution in [0.4, 0.5) is 14.9 Å². The van der Waals surface area contributed by atoms with E-state index in [-0.39, 0.29) is 11.8 Å². The number of amides is 2. The maximum Gasteiger partial charge on any atom is 0.321 e. The van der Waals surface area contributed by atoms with Gasteiger partial charge < -0.3 is 15.1 Å². The van der Waals surface area contributed by atoms with Crippen molar-refractivity contribution in [2.75, 3.05) is 31.1 Å². The second kappa shape index (κ2) is 8.16. The zero-order valence-electron chi connectivity index (χ0n) is 13.7. The molecule has 0 unspecified atom stereocenters. The van der Waals surface area contributed by atoms with E-state index in [0.717, 1.165) is 10.0 Å². The van der Waals surface area contributed by atoms with Crippen molar-refractivity contribution in [1.29, 1.82) is 0 Å². The molecule has 2 aromatic rings. The molecule has 0 spiro atoms. The number of para-hydroxylation sites is 1. The Kier molecular flexibility index (Phi) is 5.71. The monoisotopic (exact) mass is 403 g/mol. The van der Waals surface area contributed by atoms with E-state index in [4.69, 9.17) is 0 Å². The van der Waals surface area contributed by atoms with Gasteiger partial charge in [-0.25, -0.2) is 9.18 Å². The lowest BCUT2D eigenvalue weighted by atomic mass is 10.2.